The van der Waals surface area contributed by atoms with Gasteiger partial charge in [-0.05, 0) is 62.7 Å². The summed E-state index contributed by atoms with van der Waals surface area (Å²) in [7, 11) is 0. The molecule has 0 bridgehead atoms. The van der Waals surface area contributed by atoms with Crippen LogP contribution in [-0.4, -0.2) is 36.0 Å². The molecule has 1 unspecified atom stereocenters. The van der Waals surface area contributed by atoms with Gasteiger partial charge < -0.3 is 14.6 Å². The van der Waals surface area contributed by atoms with E-state index < -0.39 is 6.10 Å². The number of allylic oxidation sites excluding steroid dienone is 1. The van der Waals surface area contributed by atoms with E-state index in [1.165, 1.54) is 19.3 Å². The van der Waals surface area contributed by atoms with Crippen LogP contribution in [-0.2, 0) is 14.3 Å². The lowest BCUT2D eigenvalue weighted by Crippen LogP contribution is -2.40. The van der Waals surface area contributed by atoms with Crippen LogP contribution in [0.5, 0.6) is 0 Å². The molecule has 3 aliphatic rings. The Morgan fingerprint density at radius 3 is 2.76 bits per heavy atom. The highest BCUT2D eigenvalue weighted by atomic mass is 16.5. The summed E-state index contributed by atoms with van der Waals surface area (Å²) < 4.78 is 11.5. The average molecular weight is 350 g/mol. The molecule has 7 atom stereocenters. The Morgan fingerprint density at radius 1 is 1.24 bits per heavy atom. The molecule has 0 amide bonds. The first kappa shape index (κ1) is 18.9. The summed E-state index contributed by atoms with van der Waals surface area (Å²) >= 11 is 0. The van der Waals surface area contributed by atoms with Gasteiger partial charge >= 0.3 is 5.97 Å². The maximum atomic E-state index is 11.6. The second kappa shape index (κ2) is 8.22. The Kier molecular flexibility index (Phi) is 6.21. The first-order valence-corrected chi connectivity index (χ1v) is 10.2. The lowest BCUT2D eigenvalue weighted by atomic mass is 9.63. The molecule has 0 spiro atoms. The van der Waals surface area contributed by atoms with E-state index in [1.807, 2.05) is 0 Å². The number of aliphatic hydroxyl groups is 1. The van der Waals surface area contributed by atoms with Crippen LogP contribution in [0.25, 0.3) is 0 Å². The van der Waals surface area contributed by atoms with Gasteiger partial charge in [-0.1, -0.05) is 25.5 Å². The van der Waals surface area contributed by atoms with Crippen LogP contribution in [0.2, 0.25) is 0 Å². The summed E-state index contributed by atoms with van der Waals surface area (Å²) in [6.07, 6.45) is 8.40. The van der Waals surface area contributed by atoms with Gasteiger partial charge in [0.1, 0.15) is 6.10 Å². The number of aliphatic hydroxyl groups excluding tert-OH is 1. The van der Waals surface area contributed by atoms with Gasteiger partial charge in [0, 0.05) is 13.0 Å². The zero-order chi connectivity index (χ0) is 18.0. The van der Waals surface area contributed by atoms with E-state index >= 15 is 0 Å². The van der Waals surface area contributed by atoms with Crippen LogP contribution in [0, 0.1) is 23.7 Å². The minimum Gasteiger partial charge on any atom is -0.462 e. The molecule has 2 fully saturated rings. The van der Waals surface area contributed by atoms with Crippen molar-refractivity contribution in [1.29, 1.82) is 0 Å². The highest BCUT2D eigenvalue weighted by molar-refractivity contribution is 5.70. The standard InChI is InChI=1S/C21H34O4/c1-4-24-20-10-15-9-13(2)5-7-19(15)18(14(20)3)8-6-17-11-16(22)12-21(23)25-17/h10,13-14,16-20,22H,4-9,11-12H2,1-3H3/t13-,14-,16-,17-,18+,19?,20-/m1/s1. The number of rotatable bonds is 5. The van der Waals surface area contributed by atoms with Crippen molar-refractivity contribution in [2.75, 3.05) is 6.61 Å². The molecule has 142 valence electrons. The zero-order valence-corrected chi connectivity index (χ0v) is 15.9. The first-order chi connectivity index (χ1) is 12.0. The van der Waals surface area contributed by atoms with Crippen molar-refractivity contribution in [3.63, 3.8) is 0 Å². The summed E-state index contributed by atoms with van der Waals surface area (Å²) in [5.41, 5.74) is 1.60. The molecule has 1 saturated carbocycles. The second-order valence-corrected chi connectivity index (χ2v) is 8.46. The predicted molar refractivity (Wildman–Crippen MR) is 97.0 cm³/mol. The number of carbonyl (C=O) groups excluding carboxylic acids is 1. The van der Waals surface area contributed by atoms with Crippen molar-refractivity contribution in [3.05, 3.63) is 11.6 Å². The average Bonchev–Trinajstić information content (AvgIpc) is 2.54. The predicted octanol–water partition coefficient (Wildman–Crippen LogP) is 3.87. The van der Waals surface area contributed by atoms with E-state index in [9.17, 15) is 9.90 Å². The summed E-state index contributed by atoms with van der Waals surface area (Å²) in [5.74, 6) is 2.26. The lowest BCUT2D eigenvalue weighted by molar-refractivity contribution is -0.160. The molecule has 0 aromatic heterocycles. The Hall–Kier alpha value is -0.870. The molecular formula is C21H34O4. The number of fused-ring (bicyclic) bond motifs is 1. The fraction of sp³-hybridized carbons (Fsp3) is 0.857. The number of hydrogen-bond donors (Lipinski definition) is 1. The van der Waals surface area contributed by atoms with E-state index in [-0.39, 0.29) is 24.6 Å². The molecule has 2 aliphatic carbocycles. The first-order valence-electron chi connectivity index (χ1n) is 10.2. The van der Waals surface area contributed by atoms with Gasteiger partial charge in [-0.2, -0.15) is 0 Å². The van der Waals surface area contributed by atoms with Crippen molar-refractivity contribution < 1.29 is 19.4 Å². The largest absolute Gasteiger partial charge is 0.462 e. The van der Waals surface area contributed by atoms with Gasteiger partial charge in [0.15, 0.2) is 0 Å². The quantitative estimate of drug-likeness (QED) is 0.604. The van der Waals surface area contributed by atoms with Crippen LogP contribution in [0.1, 0.15) is 65.7 Å². The summed E-state index contributed by atoms with van der Waals surface area (Å²) in [4.78, 5) is 11.6. The van der Waals surface area contributed by atoms with Crippen molar-refractivity contribution in [1.82, 2.24) is 0 Å². The number of ether oxygens (including phenoxy) is 2. The highest BCUT2D eigenvalue weighted by Gasteiger charge is 2.40. The molecule has 1 saturated heterocycles. The van der Waals surface area contributed by atoms with E-state index in [0.717, 1.165) is 25.4 Å². The number of esters is 1. The van der Waals surface area contributed by atoms with Gasteiger partial charge in [0.05, 0.1) is 18.6 Å². The highest BCUT2D eigenvalue weighted by Crippen LogP contribution is 2.47. The van der Waals surface area contributed by atoms with Gasteiger partial charge in [-0.3, -0.25) is 4.79 Å². The van der Waals surface area contributed by atoms with Gasteiger partial charge in [0.2, 0.25) is 0 Å². The maximum Gasteiger partial charge on any atom is 0.308 e. The molecule has 3 rings (SSSR count). The Balaban J connectivity index is 1.68. The SMILES string of the molecule is CCO[C@@H]1C=C2C[C@H](C)CCC2[C@@H](CC[C@@H]2C[C@@H](O)CC(=O)O2)[C@H]1C. The molecule has 4 heteroatoms. The number of carbonyl (C=O) groups is 1. The van der Waals surface area contributed by atoms with E-state index in [4.69, 9.17) is 9.47 Å². The van der Waals surface area contributed by atoms with Crippen LogP contribution in [0.3, 0.4) is 0 Å². The minimum atomic E-state index is -0.530. The molecule has 0 radical (unpaired) electrons. The van der Waals surface area contributed by atoms with E-state index in [1.54, 1.807) is 5.57 Å². The molecule has 1 heterocycles. The fourth-order valence-electron chi connectivity index (χ4n) is 5.23. The third-order valence-electron chi connectivity index (χ3n) is 6.54. The number of cyclic esters (lactones) is 1. The Bertz CT molecular complexity index is 500. The van der Waals surface area contributed by atoms with Crippen molar-refractivity contribution >= 4 is 5.97 Å². The third-order valence-corrected chi connectivity index (χ3v) is 6.54. The monoisotopic (exact) mass is 350 g/mol. The van der Waals surface area contributed by atoms with E-state index in [0.29, 0.717) is 24.2 Å². The summed E-state index contributed by atoms with van der Waals surface area (Å²) in [6, 6.07) is 0. The normalized spacial score (nSPS) is 41.7. The molecule has 0 aromatic carbocycles. The molecule has 4 nitrogen and oxygen atoms in total. The van der Waals surface area contributed by atoms with Crippen LogP contribution in [0.15, 0.2) is 11.6 Å². The van der Waals surface area contributed by atoms with Crippen molar-refractivity contribution in [3.8, 4) is 0 Å². The van der Waals surface area contributed by atoms with Crippen molar-refractivity contribution in [2.45, 2.75) is 84.0 Å². The van der Waals surface area contributed by atoms with Crippen LogP contribution >= 0.6 is 0 Å². The van der Waals surface area contributed by atoms with Crippen LogP contribution in [0.4, 0.5) is 0 Å². The lowest BCUT2D eigenvalue weighted by Gasteiger charge is -2.45. The zero-order valence-electron chi connectivity index (χ0n) is 15.9. The topological polar surface area (TPSA) is 55.8 Å². The molecule has 1 N–H and O–H groups in total. The second-order valence-electron chi connectivity index (χ2n) is 8.46. The summed E-state index contributed by atoms with van der Waals surface area (Å²) in [5, 5.41) is 9.84. The molecule has 0 aromatic rings. The van der Waals surface area contributed by atoms with E-state index in [2.05, 4.69) is 26.8 Å². The smallest absolute Gasteiger partial charge is 0.308 e. The van der Waals surface area contributed by atoms with Crippen LogP contribution < -0.4 is 0 Å². The maximum absolute atomic E-state index is 11.6. The molecule has 1 aliphatic heterocycles. The van der Waals surface area contributed by atoms with Crippen molar-refractivity contribution in [2.24, 2.45) is 23.7 Å². The molecule has 25 heavy (non-hydrogen) atoms. The third kappa shape index (κ3) is 4.46. The number of hydrogen-bond acceptors (Lipinski definition) is 4. The Labute approximate surface area is 152 Å². The molecular weight excluding hydrogens is 316 g/mol. The Morgan fingerprint density at radius 2 is 2.04 bits per heavy atom. The summed E-state index contributed by atoms with van der Waals surface area (Å²) in [6.45, 7) is 7.48. The van der Waals surface area contributed by atoms with Gasteiger partial charge in [0.25, 0.3) is 0 Å². The van der Waals surface area contributed by atoms with Gasteiger partial charge in [-0.25, -0.2) is 0 Å². The fourth-order valence-corrected chi connectivity index (χ4v) is 5.23. The minimum absolute atomic E-state index is 0.120. The van der Waals surface area contributed by atoms with Gasteiger partial charge in [-0.15, -0.1) is 0 Å².